The van der Waals surface area contributed by atoms with E-state index in [2.05, 4.69) is 5.32 Å². The molecule has 0 radical (unpaired) electrons. The van der Waals surface area contributed by atoms with Crippen LogP contribution in [0.5, 0.6) is 0 Å². The average Bonchev–Trinajstić information content (AvgIpc) is 2.87. The van der Waals surface area contributed by atoms with Gasteiger partial charge in [0, 0.05) is 12.8 Å². The summed E-state index contributed by atoms with van der Waals surface area (Å²) in [4.78, 5) is 39.7. The topological polar surface area (TPSA) is 95.9 Å². The number of aryl methyl sites for hydroxylation is 1. The number of nitrogens with one attached hydrogen (secondary N) is 1. The molecule has 2 amide bonds. The summed E-state index contributed by atoms with van der Waals surface area (Å²) in [6, 6.07) is 22.4. The maximum atomic E-state index is 13.3. The highest BCUT2D eigenvalue weighted by atomic mass is 16.6. The molecule has 3 aromatic carbocycles. The molecule has 0 aliphatic carbocycles. The second-order valence-electron chi connectivity index (χ2n) is 8.75. The number of benzene rings is 3. The smallest absolute Gasteiger partial charge is 0.411 e. The Morgan fingerprint density at radius 3 is 2.29 bits per heavy atom. The van der Waals surface area contributed by atoms with E-state index in [1.54, 1.807) is 0 Å². The van der Waals surface area contributed by atoms with Gasteiger partial charge in [-0.05, 0) is 29.2 Å². The number of nitrogens with zero attached hydrogens (tertiary/aromatic N) is 1. The Labute approximate surface area is 204 Å². The van der Waals surface area contributed by atoms with Gasteiger partial charge < -0.3 is 15.2 Å². The number of hydrogen-bond acceptors (Lipinski definition) is 4. The molecule has 35 heavy (non-hydrogen) atoms. The lowest BCUT2D eigenvalue weighted by Gasteiger charge is -2.35. The Morgan fingerprint density at radius 1 is 0.943 bits per heavy atom. The van der Waals surface area contributed by atoms with Crippen LogP contribution in [-0.4, -0.2) is 40.1 Å². The van der Waals surface area contributed by atoms with E-state index in [1.165, 1.54) is 4.90 Å². The molecule has 0 unspecified atom stereocenters. The van der Waals surface area contributed by atoms with E-state index < -0.39 is 30.1 Å². The predicted molar refractivity (Wildman–Crippen MR) is 131 cm³/mol. The van der Waals surface area contributed by atoms with Gasteiger partial charge in [-0.25, -0.2) is 9.59 Å². The number of hydrogen-bond donors (Lipinski definition) is 2. The van der Waals surface area contributed by atoms with Crippen molar-refractivity contribution in [3.05, 3.63) is 107 Å². The number of ether oxygens (including phenoxy) is 1. The highest BCUT2D eigenvalue weighted by Gasteiger charge is 2.37. The number of aliphatic carboxylic acids is 1. The van der Waals surface area contributed by atoms with Crippen LogP contribution in [0.25, 0.3) is 0 Å². The summed E-state index contributed by atoms with van der Waals surface area (Å²) in [6.07, 6.45) is -0.198. The molecule has 180 valence electrons. The summed E-state index contributed by atoms with van der Waals surface area (Å²) in [6.45, 7) is 2.24. The zero-order chi connectivity index (χ0) is 24.8. The first-order chi connectivity index (χ1) is 16.9. The van der Waals surface area contributed by atoms with Crippen molar-refractivity contribution < 1.29 is 24.2 Å². The fraction of sp³-hybridized carbons (Fsp3) is 0.250. The number of carboxylic acid groups (broad SMARTS) is 1. The lowest BCUT2D eigenvalue weighted by atomic mass is 9.93. The lowest BCUT2D eigenvalue weighted by Crippen LogP contribution is -2.56. The van der Waals surface area contributed by atoms with Crippen LogP contribution < -0.4 is 5.32 Å². The van der Waals surface area contributed by atoms with E-state index in [9.17, 15) is 19.5 Å². The quantitative estimate of drug-likeness (QED) is 0.544. The third-order valence-electron chi connectivity index (χ3n) is 6.17. The molecule has 0 saturated heterocycles. The van der Waals surface area contributed by atoms with Crippen molar-refractivity contribution in [2.45, 2.75) is 45.0 Å². The van der Waals surface area contributed by atoms with Gasteiger partial charge in [0.15, 0.2) is 0 Å². The highest BCUT2D eigenvalue weighted by Crippen LogP contribution is 2.25. The minimum absolute atomic E-state index is 0.0807. The molecule has 1 aliphatic heterocycles. The Balaban J connectivity index is 1.51. The number of amides is 2. The number of carboxylic acids is 1. The van der Waals surface area contributed by atoms with Crippen LogP contribution in [0, 0.1) is 6.92 Å². The molecule has 7 heteroatoms. The summed E-state index contributed by atoms with van der Waals surface area (Å²) in [5.41, 5.74) is 4.59. The molecule has 2 N–H and O–H groups in total. The molecule has 4 rings (SSSR count). The monoisotopic (exact) mass is 472 g/mol. The van der Waals surface area contributed by atoms with Crippen LogP contribution in [0.15, 0.2) is 78.9 Å². The van der Waals surface area contributed by atoms with Crippen molar-refractivity contribution in [1.82, 2.24) is 10.2 Å². The lowest BCUT2D eigenvalue weighted by molar-refractivity contribution is -0.142. The molecular formula is C28H28N2O5. The highest BCUT2D eigenvalue weighted by molar-refractivity contribution is 5.90. The van der Waals surface area contributed by atoms with Crippen molar-refractivity contribution >= 4 is 18.0 Å². The SMILES string of the molecule is Cc1ccc(C[C@H](NC(=O)[C@@H]2Cc3ccccc3CN2C(=O)OCc2ccccc2)C(=O)O)cc1. The normalized spacial score (nSPS) is 15.6. The van der Waals surface area contributed by atoms with Crippen LogP contribution >= 0.6 is 0 Å². The second-order valence-corrected chi connectivity index (χ2v) is 8.75. The van der Waals surface area contributed by atoms with Gasteiger partial charge in [-0.15, -0.1) is 0 Å². The standard InChI is InChI=1S/C28H28N2O5/c1-19-11-13-20(14-12-19)15-24(27(32)33)29-26(31)25-16-22-9-5-6-10-23(22)17-30(25)28(34)35-18-21-7-3-2-4-8-21/h2-14,24-25H,15-18H2,1H3,(H,29,31)(H,32,33)/t24-,25-/m0/s1. The fourth-order valence-corrected chi connectivity index (χ4v) is 4.18. The van der Waals surface area contributed by atoms with Crippen molar-refractivity contribution in [2.75, 3.05) is 0 Å². The second kappa shape index (κ2) is 10.9. The van der Waals surface area contributed by atoms with Gasteiger partial charge in [0.1, 0.15) is 18.7 Å². The van der Waals surface area contributed by atoms with Gasteiger partial charge in [0.25, 0.3) is 0 Å². The van der Waals surface area contributed by atoms with Crippen molar-refractivity contribution in [3.8, 4) is 0 Å². The molecule has 1 heterocycles. The van der Waals surface area contributed by atoms with Crippen LogP contribution in [0.4, 0.5) is 4.79 Å². The summed E-state index contributed by atoms with van der Waals surface area (Å²) in [5.74, 6) is -1.65. The molecule has 0 saturated carbocycles. The minimum Gasteiger partial charge on any atom is -0.480 e. The number of carbonyl (C=O) groups excluding carboxylic acids is 2. The minimum atomic E-state index is -1.13. The molecule has 0 spiro atoms. The van der Waals surface area contributed by atoms with E-state index in [0.717, 1.165) is 27.8 Å². The van der Waals surface area contributed by atoms with Crippen LogP contribution in [-0.2, 0) is 40.3 Å². The molecule has 3 aromatic rings. The summed E-state index contributed by atoms with van der Waals surface area (Å²) >= 11 is 0. The van der Waals surface area contributed by atoms with Crippen LogP contribution in [0.2, 0.25) is 0 Å². The average molecular weight is 473 g/mol. The first-order valence-electron chi connectivity index (χ1n) is 11.5. The molecular weight excluding hydrogens is 444 g/mol. The number of carbonyl (C=O) groups is 3. The molecule has 7 nitrogen and oxygen atoms in total. The third kappa shape index (κ3) is 6.06. The van der Waals surface area contributed by atoms with Crippen LogP contribution in [0.3, 0.4) is 0 Å². The first-order valence-corrected chi connectivity index (χ1v) is 11.5. The van der Waals surface area contributed by atoms with Gasteiger partial charge in [0.2, 0.25) is 5.91 Å². The van der Waals surface area contributed by atoms with E-state index in [4.69, 9.17) is 4.74 Å². The van der Waals surface area contributed by atoms with Gasteiger partial charge in [-0.3, -0.25) is 9.69 Å². The van der Waals surface area contributed by atoms with Crippen molar-refractivity contribution in [2.24, 2.45) is 0 Å². The van der Waals surface area contributed by atoms with Gasteiger partial charge >= 0.3 is 12.1 Å². The van der Waals surface area contributed by atoms with Crippen molar-refractivity contribution in [1.29, 1.82) is 0 Å². The first kappa shape index (κ1) is 24.0. The predicted octanol–water partition coefficient (Wildman–Crippen LogP) is 3.87. The van der Waals surface area contributed by atoms with E-state index >= 15 is 0 Å². The number of fused-ring (bicyclic) bond motifs is 1. The zero-order valence-corrected chi connectivity index (χ0v) is 19.5. The third-order valence-corrected chi connectivity index (χ3v) is 6.17. The van der Waals surface area contributed by atoms with E-state index in [-0.39, 0.29) is 26.0 Å². The summed E-state index contributed by atoms with van der Waals surface area (Å²) < 4.78 is 5.51. The Bertz CT molecular complexity index is 1190. The van der Waals surface area contributed by atoms with Crippen molar-refractivity contribution in [3.63, 3.8) is 0 Å². The molecule has 0 fully saturated rings. The Morgan fingerprint density at radius 2 is 1.60 bits per heavy atom. The van der Waals surface area contributed by atoms with Gasteiger partial charge in [-0.2, -0.15) is 0 Å². The van der Waals surface area contributed by atoms with E-state index in [1.807, 2.05) is 85.8 Å². The Kier molecular flexibility index (Phi) is 7.45. The van der Waals surface area contributed by atoms with Crippen LogP contribution in [0.1, 0.15) is 27.8 Å². The maximum absolute atomic E-state index is 13.3. The largest absolute Gasteiger partial charge is 0.480 e. The molecule has 2 atom stereocenters. The van der Waals surface area contributed by atoms with Gasteiger partial charge in [-0.1, -0.05) is 84.4 Å². The number of rotatable bonds is 7. The molecule has 0 bridgehead atoms. The molecule has 1 aliphatic rings. The summed E-state index contributed by atoms with van der Waals surface area (Å²) in [7, 11) is 0. The zero-order valence-electron chi connectivity index (χ0n) is 19.5. The molecule has 0 aromatic heterocycles. The fourth-order valence-electron chi connectivity index (χ4n) is 4.18. The Hall–Kier alpha value is -4.13. The van der Waals surface area contributed by atoms with E-state index in [0.29, 0.717) is 0 Å². The van der Waals surface area contributed by atoms with Gasteiger partial charge in [0.05, 0.1) is 6.54 Å². The maximum Gasteiger partial charge on any atom is 0.411 e. The summed E-state index contributed by atoms with van der Waals surface area (Å²) in [5, 5.41) is 12.4.